The molecule has 0 amide bonds. The van der Waals surface area contributed by atoms with E-state index in [4.69, 9.17) is 14.2 Å². The first-order chi connectivity index (χ1) is 9.17. The summed E-state index contributed by atoms with van der Waals surface area (Å²) in [5.41, 5.74) is 0. The summed E-state index contributed by atoms with van der Waals surface area (Å²) in [5.74, 6) is 1.61. The number of fused-ring (bicyclic) bond motifs is 2. The Bertz CT molecular complexity index is 388. The molecule has 4 heteroatoms. The number of carbonyl (C=O) groups excluding carboxylic acids is 1. The lowest BCUT2D eigenvalue weighted by atomic mass is 9.62. The second-order valence-corrected chi connectivity index (χ2v) is 6.75. The van der Waals surface area contributed by atoms with E-state index in [-0.39, 0.29) is 23.8 Å². The lowest BCUT2D eigenvalue weighted by Gasteiger charge is -2.46. The molecule has 106 valence electrons. The van der Waals surface area contributed by atoms with Gasteiger partial charge in [-0.1, -0.05) is 0 Å². The number of esters is 1. The standard InChI is InChI=1S/C15H22O4/c1-9-12-6-10-2-3-15(17-4-5-18-15)8-11(10)7-13(12)14(16)19-9/h9-13H,2-8H2,1H3/t9-,10?,11?,12?,13?/m1/s1. The summed E-state index contributed by atoms with van der Waals surface area (Å²) in [6, 6.07) is 0. The summed E-state index contributed by atoms with van der Waals surface area (Å²) in [7, 11) is 0. The lowest BCUT2D eigenvalue weighted by molar-refractivity contribution is -0.201. The molecular formula is C15H22O4. The van der Waals surface area contributed by atoms with Gasteiger partial charge in [0, 0.05) is 18.8 Å². The Morgan fingerprint density at radius 2 is 1.95 bits per heavy atom. The molecule has 0 N–H and O–H groups in total. The third-order valence-electron chi connectivity index (χ3n) is 5.81. The molecule has 0 bridgehead atoms. The van der Waals surface area contributed by atoms with Crippen molar-refractivity contribution in [1.82, 2.24) is 0 Å². The smallest absolute Gasteiger partial charge is 0.309 e. The predicted octanol–water partition coefficient (Wildman–Crippen LogP) is 2.12. The molecule has 4 rings (SSSR count). The highest BCUT2D eigenvalue weighted by atomic mass is 16.7. The Kier molecular flexibility index (Phi) is 2.68. The van der Waals surface area contributed by atoms with Crippen LogP contribution in [0.25, 0.3) is 0 Å². The zero-order valence-electron chi connectivity index (χ0n) is 11.5. The molecule has 4 nitrogen and oxygen atoms in total. The summed E-state index contributed by atoms with van der Waals surface area (Å²) >= 11 is 0. The van der Waals surface area contributed by atoms with Crippen LogP contribution >= 0.6 is 0 Å². The van der Waals surface area contributed by atoms with E-state index in [0.717, 1.165) is 44.8 Å². The predicted molar refractivity (Wildman–Crippen MR) is 67.2 cm³/mol. The Morgan fingerprint density at radius 3 is 2.74 bits per heavy atom. The van der Waals surface area contributed by atoms with E-state index < -0.39 is 0 Å². The molecular weight excluding hydrogens is 244 g/mol. The molecule has 1 spiro atoms. The normalized spacial score (nSPS) is 47.8. The van der Waals surface area contributed by atoms with Crippen LogP contribution in [0.15, 0.2) is 0 Å². The second-order valence-electron chi connectivity index (χ2n) is 6.75. The minimum atomic E-state index is -0.317. The van der Waals surface area contributed by atoms with E-state index in [1.54, 1.807) is 0 Å². The molecule has 2 saturated carbocycles. The maximum absolute atomic E-state index is 11.9. The van der Waals surface area contributed by atoms with E-state index in [0.29, 0.717) is 11.8 Å². The quantitative estimate of drug-likeness (QED) is 0.630. The topological polar surface area (TPSA) is 44.8 Å². The van der Waals surface area contributed by atoms with Crippen LogP contribution in [-0.2, 0) is 19.0 Å². The highest BCUT2D eigenvalue weighted by Gasteiger charge is 2.53. The van der Waals surface area contributed by atoms with Crippen molar-refractivity contribution >= 4 is 5.97 Å². The van der Waals surface area contributed by atoms with Crippen molar-refractivity contribution in [3.8, 4) is 0 Å². The van der Waals surface area contributed by atoms with Crippen molar-refractivity contribution in [2.75, 3.05) is 13.2 Å². The van der Waals surface area contributed by atoms with E-state index in [9.17, 15) is 4.79 Å². The van der Waals surface area contributed by atoms with Crippen molar-refractivity contribution in [3.05, 3.63) is 0 Å². The lowest BCUT2D eigenvalue weighted by Crippen LogP contribution is -2.45. The molecule has 5 atom stereocenters. The highest BCUT2D eigenvalue weighted by molar-refractivity contribution is 5.75. The van der Waals surface area contributed by atoms with Crippen LogP contribution in [0.2, 0.25) is 0 Å². The fraction of sp³-hybridized carbons (Fsp3) is 0.933. The van der Waals surface area contributed by atoms with Gasteiger partial charge >= 0.3 is 5.97 Å². The van der Waals surface area contributed by atoms with E-state index in [1.165, 1.54) is 6.42 Å². The molecule has 0 radical (unpaired) electrons. The summed E-state index contributed by atoms with van der Waals surface area (Å²) in [4.78, 5) is 11.9. The monoisotopic (exact) mass is 266 g/mol. The minimum Gasteiger partial charge on any atom is -0.462 e. The Labute approximate surface area is 113 Å². The molecule has 2 aliphatic carbocycles. The van der Waals surface area contributed by atoms with Gasteiger partial charge in [-0.05, 0) is 38.0 Å². The largest absolute Gasteiger partial charge is 0.462 e. The minimum absolute atomic E-state index is 0.0313. The van der Waals surface area contributed by atoms with Gasteiger partial charge < -0.3 is 14.2 Å². The maximum atomic E-state index is 11.9. The zero-order chi connectivity index (χ0) is 13.0. The summed E-state index contributed by atoms with van der Waals surface area (Å²) < 4.78 is 17.1. The fourth-order valence-electron chi connectivity index (χ4n) is 4.82. The molecule has 4 aliphatic rings. The summed E-state index contributed by atoms with van der Waals surface area (Å²) in [6.07, 6.45) is 5.42. The third kappa shape index (κ3) is 1.83. The van der Waals surface area contributed by atoms with Gasteiger partial charge in [0.05, 0.1) is 19.1 Å². The SMILES string of the molecule is C[C@H]1OC(=O)C2CC3CC4(CCC3CC21)OCCO4. The molecule has 2 saturated heterocycles. The summed E-state index contributed by atoms with van der Waals surface area (Å²) in [6.45, 7) is 3.50. The first-order valence-corrected chi connectivity index (χ1v) is 7.65. The fourth-order valence-corrected chi connectivity index (χ4v) is 4.82. The number of hydrogen-bond acceptors (Lipinski definition) is 4. The molecule has 19 heavy (non-hydrogen) atoms. The van der Waals surface area contributed by atoms with Gasteiger partial charge in [-0.25, -0.2) is 0 Å². The molecule has 2 aliphatic heterocycles. The van der Waals surface area contributed by atoms with Crippen molar-refractivity contribution < 1.29 is 19.0 Å². The Hall–Kier alpha value is -0.610. The van der Waals surface area contributed by atoms with Crippen molar-refractivity contribution in [2.45, 2.75) is 50.9 Å². The van der Waals surface area contributed by atoms with Gasteiger partial charge in [0.2, 0.25) is 0 Å². The van der Waals surface area contributed by atoms with Crippen molar-refractivity contribution in [1.29, 1.82) is 0 Å². The number of ether oxygens (including phenoxy) is 3. The van der Waals surface area contributed by atoms with Crippen molar-refractivity contribution in [3.63, 3.8) is 0 Å². The van der Waals surface area contributed by atoms with Gasteiger partial charge in [-0.2, -0.15) is 0 Å². The third-order valence-corrected chi connectivity index (χ3v) is 5.81. The molecule has 0 aromatic rings. The number of rotatable bonds is 0. The maximum Gasteiger partial charge on any atom is 0.309 e. The zero-order valence-corrected chi connectivity index (χ0v) is 11.5. The van der Waals surface area contributed by atoms with Crippen LogP contribution in [0.1, 0.15) is 39.0 Å². The van der Waals surface area contributed by atoms with Crippen LogP contribution in [-0.4, -0.2) is 31.1 Å². The molecule has 0 aromatic heterocycles. The first-order valence-electron chi connectivity index (χ1n) is 7.65. The molecule has 4 fully saturated rings. The number of hydrogen-bond donors (Lipinski definition) is 0. The van der Waals surface area contributed by atoms with Crippen LogP contribution in [0.4, 0.5) is 0 Å². The highest BCUT2D eigenvalue weighted by Crippen LogP contribution is 2.53. The van der Waals surface area contributed by atoms with Gasteiger partial charge in [-0.15, -0.1) is 0 Å². The van der Waals surface area contributed by atoms with Gasteiger partial charge in [0.1, 0.15) is 6.10 Å². The van der Waals surface area contributed by atoms with Gasteiger partial charge in [0.25, 0.3) is 0 Å². The van der Waals surface area contributed by atoms with Crippen molar-refractivity contribution in [2.24, 2.45) is 23.7 Å². The van der Waals surface area contributed by atoms with Crippen LogP contribution < -0.4 is 0 Å². The van der Waals surface area contributed by atoms with Gasteiger partial charge in [-0.3, -0.25) is 4.79 Å². The van der Waals surface area contributed by atoms with Crippen LogP contribution in [0, 0.1) is 23.7 Å². The van der Waals surface area contributed by atoms with Crippen LogP contribution in [0.5, 0.6) is 0 Å². The second kappa shape index (κ2) is 4.19. The number of carbonyl (C=O) groups is 1. The number of cyclic esters (lactones) is 1. The van der Waals surface area contributed by atoms with Crippen LogP contribution in [0.3, 0.4) is 0 Å². The molecule has 2 heterocycles. The van der Waals surface area contributed by atoms with Gasteiger partial charge in [0.15, 0.2) is 5.79 Å². The van der Waals surface area contributed by atoms with E-state index >= 15 is 0 Å². The Morgan fingerprint density at radius 1 is 1.16 bits per heavy atom. The average molecular weight is 266 g/mol. The molecule has 0 aromatic carbocycles. The van der Waals surface area contributed by atoms with E-state index in [1.807, 2.05) is 0 Å². The summed E-state index contributed by atoms with van der Waals surface area (Å²) in [5, 5.41) is 0. The first kappa shape index (κ1) is 12.2. The van der Waals surface area contributed by atoms with E-state index in [2.05, 4.69) is 6.92 Å². The Balaban J connectivity index is 1.52. The average Bonchev–Trinajstić information content (AvgIpc) is 2.95. The molecule has 4 unspecified atom stereocenters.